The first-order valence-electron chi connectivity index (χ1n) is 4.91. The van der Waals surface area contributed by atoms with Crippen molar-refractivity contribution in [1.82, 2.24) is 14.5 Å². The quantitative estimate of drug-likeness (QED) is 0.804. The van der Waals surface area contributed by atoms with Gasteiger partial charge in [-0.15, -0.1) is 0 Å². The minimum absolute atomic E-state index is 0.0319. The topological polar surface area (TPSA) is 56.7 Å². The lowest BCUT2D eigenvalue weighted by Crippen LogP contribution is -2.11. The molecule has 1 unspecified atom stereocenters. The summed E-state index contributed by atoms with van der Waals surface area (Å²) in [7, 11) is 0. The number of nitrogens with two attached hydrogens (primary N) is 1. The lowest BCUT2D eigenvalue weighted by molar-refractivity contribution is 0.784. The Hall–Kier alpha value is -1.68. The van der Waals surface area contributed by atoms with Gasteiger partial charge in [-0.25, -0.2) is 9.97 Å². The van der Waals surface area contributed by atoms with E-state index in [1.165, 1.54) is 0 Å². The van der Waals surface area contributed by atoms with Crippen molar-refractivity contribution in [2.45, 2.75) is 19.9 Å². The number of hydrogen-bond donors (Lipinski definition) is 1. The zero-order valence-corrected chi connectivity index (χ0v) is 8.88. The van der Waals surface area contributed by atoms with Gasteiger partial charge in [-0.1, -0.05) is 6.07 Å². The molecule has 1 atom stereocenters. The third-order valence-electron chi connectivity index (χ3n) is 2.36. The molecular weight excluding hydrogens is 188 g/mol. The van der Waals surface area contributed by atoms with Crippen LogP contribution in [-0.4, -0.2) is 14.5 Å². The number of pyridine rings is 1. The molecule has 2 N–H and O–H groups in total. The van der Waals surface area contributed by atoms with E-state index in [9.17, 15) is 0 Å². The fraction of sp³-hybridized carbons (Fsp3) is 0.273. The summed E-state index contributed by atoms with van der Waals surface area (Å²) < 4.78 is 1.94. The van der Waals surface area contributed by atoms with E-state index < -0.39 is 0 Å². The molecule has 0 spiro atoms. The molecule has 2 heterocycles. The van der Waals surface area contributed by atoms with Crippen LogP contribution in [0.25, 0.3) is 5.82 Å². The lowest BCUT2D eigenvalue weighted by atomic mass is 10.1. The maximum atomic E-state index is 5.90. The zero-order chi connectivity index (χ0) is 10.8. The molecule has 0 aliphatic carbocycles. The molecule has 0 aliphatic heterocycles. The molecule has 2 rings (SSSR count). The smallest absolute Gasteiger partial charge is 0.142 e. The van der Waals surface area contributed by atoms with E-state index >= 15 is 0 Å². The molecule has 0 bridgehead atoms. The summed E-state index contributed by atoms with van der Waals surface area (Å²) in [5, 5.41) is 0. The summed E-state index contributed by atoms with van der Waals surface area (Å²) in [6, 6.07) is 3.86. The maximum absolute atomic E-state index is 5.90. The predicted octanol–water partition coefficient (Wildman–Crippen LogP) is 1.60. The standard InChI is InChI=1S/C11H14N4/c1-8(12)10-4-3-5-14-11(10)15-7-6-13-9(15)2/h3-8H,12H2,1-2H3. The summed E-state index contributed by atoms with van der Waals surface area (Å²) in [5.41, 5.74) is 6.92. The van der Waals surface area contributed by atoms with Gasteiger partial charge in [-0.05, 0) is 19.9 Å². The highest BCUT2D eigenvalue weighted by atomic mass is 15.1. The summed E-state index contributed by atoms with van der Waals surface area (Å²) in [6.07, 6.45) is 5.42. The summed E-state index contributed by atoms with van der Waals surface area (Å²) in [6.45, 7) is 3.90. The van der Waals surface area contributed by atoms with Gasteiger partial charge in [0.1, 0.15) is 11.6 Å². The van der Waals surface area contributed by atoms with E-state index in [1.807, 2.05) is 36.7 Å². The fourth-order valence-electron chi connectivity index (χ4n) is 1.57. The second-order valence-electron chi connectivity index (χ2n) is 3.55. The van der Waals surface area contributed by atoms with Gasteiger partial charge in [0.05, 0.1) is 0 Å². The first-order chi connectivity index (χ1) is 7.20. The third-order valence-corrected chi connectivity index (χ3v) is 2.36. The molecule has 78 valence electrons. The van der Waals surface area contributed by atoms with Crippen molar-refractivity contribution in [3.8, 4) is 5.82 Å². The van der Waals surface area contributed by atoms with Gasteiger partial charge in [0.2, 0.25) is 0 Å². The number of hydrogen-bond acceptors (Lipinski definition) is 3. The zero-order valence-electron chi connectivity index (χ0n) is 8.88. The highest BCUT2D eigenvalue weighted by Crippen LogP contribution is 2.18. The Labute approximate surface area is 88.8 Å². The van der Waals surface area contributed by atoms with Crippen LogP contribution in [0.5, 0.6) is 0 Å². The van der Waals surface area contributed by atoms with Crippen LogP contribution in [0, 0.1) is 6.92 Å². The second kappa shape index (κ2) is 3.82. The average Bonchev–Trinajstić information content (AvgIpc) is 2.64. The number of nitrogens with zero attached hydrogens (tertiary/aromatic N) is 3. The number of aromatic nitrogens is 3. The molecule has 0 radical (unpaired) electrons. The number of imidazole rings is 1. The van der Waals surface area contributed by atoms with E-state index in [0.717, 1.165) is 17.2 Å². The van der Waals surface area contributed by atoms with Crippen molar-refractivity contribution in [1.29, 1.82) is 0 Å². The van der Waals surface area contributed by atoms with E-state index in [2.05, 4.69) is 9.97 Å². The number of rotatable bonds is 2. The first-order valence-corrected chi connectivity index (χ1v) is 4.91. The van der Waals surface area contributed by atoms with Crippen LogP contribution in [-0.2, 0) is 0 Å². The van der Waals surface area contributed by atoms with Crippen LogP contribution in [0.15, 0.2) is 30.7 Å². The van der Waals surface area contributed by atoms with Crippen molar-refractivity contribution < 1.29 is 0 Å². The van der Waals surface area contributed by atoms with Gasteiger partial charge in [-0.2, -0.15) is 0 Å². The predicted molar refractivity (Wildman–Crippen MR) is 58.7 cm³/mol. The van der Waals surface area contributed by atoms with E-state index in [4.69, 9.17) is 5.73 Å². The van der Waals surface area contributed by atoms with Gasteiger partial charge in [0.25, 0.3) is 0 Å². The largest absolute Gasteiger partial charge is 0.324 e. The SMILES string of the molecule is Cc1nccn1-c1ncccc1C(C)N. The molecule has 0 saturated carbocycles. The molecule has 0 fully saturated rings. The minimum Gasteiger partial charge on any atom is -0.324 e. The van der Waals surface area contributed by atoms with Crippen LogP contribution in [0.4, 0.5) is 0 Å². The summed E-state index contributed by atoms with van der Waals surface area (Å²) in [4.78, 5) is 8.52. The van der Waals surface area contributed by atoms with Crippen LogP contribution in [0.2, 0.25) is 0 Å². The molecule has 0 amide bonds. The first kappa shape index (κ1) is 9.86. The van der Waals surface area contributed by atoms with Crippen LogP contribution in [0.1, 0.15) is 24.4 Å². The average molecular weight is 202 g/mol. The third kappa shape index (κ3) is 1.76. The molecule has 0 aliphatic rings. The molecule has 4 nitrogen and oxygen atoms in total. The van der Waals surface area contributed by atoms with E-state index in [-0.39, 0.29) is 6.04 Å². The maximum Gasteiger partial charge on any atom is 0.142 e. The molecule has 2 aromatic heterocycles. The molecule has 0 aromatic carbocycles. The van der Waals surface area contributed by atoms with Crippen molar-refractivity contribution in [3.63, 3.8) is 0 Å². The van der Waals surface area contributed by atoms with Crippen molar-refractivity contribution in [2.24, 2.45) is 5.73 Å². The van der Waals surface area contributed by atoms with Crippen LogP contribution >= 0.6 is 0 Å². The lowest BCUT2D eigenvalue weighted by Gasteiger charge is -2.12. The Morgan fingerprint density at radius 3 is 2.73 bits per heavy atom. The van der Waals surface area contributed by atoms with Crippen molar-refractivity contribution in [3.05, 3.63) is 42.1 Å². The van der Waals surface area contributed by atoms with Crippen molar-refractivity contribution >= 4 is 0 Å². The Morgan fingerprint density at radius 2 is 2.13 bits per heavy atom. The van der Waals surface area contributed by atoms with Gasteiger partial charge < -0.3 is 5.73 Å². The van der Waals surface area contributed by atoms with E-state index in [1.54, 1.807) is 12.4 Å². The Kier molecular flexibility index (Phi) is 2.51. The van der Waals surface area contributed by atoms with E-state index in [0.29, 0.717) is 0 Å². The van der Waals surface area contributed by atoms with Crippen LogP contribution < -0.4 is 5.73 Å². The normalized spacial score (nSPS) is 12.7. The van der Waals surface area contributed by atoms with Gasteiger partial charge in [0, 0.05) is 30.2 Å². The second-order valence-corrected chi connectivity index (χ2v) is 3.55. The Balaban J connectivity index is 2.58. The molecule has 4 heteroatoms. The summed E-state index contributed by atoms with van der Waals surface area (Å²) >= 11 is 0. The van der Waals surface area contributed by atoms with Crippen LogP contribution in [0.3, 0.4) is 0 Å². The molecule has 0 saturated heterocycles. The molecule has 15 heavy (non-hydrogen) atoms. The number of aryl methyl sites for hydroxylation is 1. The fourth-order valence-corrected chi connectivity index (χ4v) is 1.57. The summed E-state index contributed by atoms with van der Waals surface area (Å²) in [5.74, 6) is 1.78. The Morgan fingerprint density at radius 1 is 1.33 bits per heavy atom. The minimum atomic E-state index is -0.0319. The highest BCUT2D eigenvalue weighted by molar-refractivity contribution is 5.36. The highest BCUT2D eigenvalue weighted by Gasteiger charge is 2.10. The molecule has 2 aromatic rings. The van der Waals surface area contributed by atoms with Crippen molar-refractivity contribution in [2.75, 3.05) is 0 Å². The molecular formula is C11H14N4. The Bertz CT molecular complexity index is 459. The van der Waals surface area contributed by atoms with Gasteiger partial charge in [0.15, 0.2) is 0 Å². The monoisotopic (exact) mass is 202 g/mol. The van der Waals surface area contributed by atoms with Gasteiger partial charge >= 0.3 is 0 Å². The van der Waals surface area contributed by atoms with Gasteiger partial charge in [-0.3, -0.25) is 4.57 Å².